The van der Waals surface area contributed by atoms with Crippen LogP contribution in [-0.2, 0) is 0 Å². The fourth-order valence-corrected chi connectivity index (χ4v) is 6.08. The summed E-state index contributed by atoms with van der Waals surface area (Å²) in [5, 5.41) is 3.87. The van der Waals surface area contributed by atoms with Crippen LogP contribution in [0.1, 0.15) is 30.6 Å². The van der Waals surface area contributed by atoms with E-state index in [2.05, 4.69) is 40.2 Å². The molecule has 0 bridgehead atoms. The van der Waals surface area contributed by atoms with E-state index in [1.807, 2.05) is 0 Å². The molecule has 0 spiro atoms. The van der Waals surface area contributed by atoms with Crippen molar-refractivity contribution in [2.75, 3.05) is 18.9 Å². The maximum Gasteiger partial charge on any atom is 0.176 e. The highest BCUT2D eigenvalue weighted by Crippen LogP contribution is 2.41. The molecule has 5 rings (SSSR count). The van der Waals surface area contributed by atoms with Gasteiger partial charge < -0.3 is 10.2 Å². The number of thiophene rings is 1. The molecule has 1 fully saturated rings. The van der Waals surface area contributed by atoms with E-state index in [0.717, 1.165) is 23.2 Å². The van der Waals surface area contributed by atoms with Gasteiger partial charge in [0.15, 0.2) is 11.6 Å². The van der Waals surface area contributed by atoms with E-state index < -0.39 is 11.6 Å². The van der Waals surface area contributed by atoms with Crippen LogP contribution in [0.25, 0.3) is 20.4 Å². The number of halogens is 2. The number of likely N-dealkylation sites (N-methyl/N-ethyl adjacent to an activating group) is 1. The minimum Gasteiger partial charge on any atom is -0.350 e. The van der Waals surface area contributed by atoms with Gasteiger partial charge in [-0.05, 0) is 51.6 Å². The molecule has 0 saturated carbocycles. The molecule has 0 amide bonds. The third-order valence-electron chi connectivity index (χ3n) is 5.90. The molecular formula is C21H20F2N4S2. The first-order valence-corrected chi connectivity index (χ1v) is 11.3. The lowest BCUT2D eigenvalue weighted by atomic mass is 9.89. The molecule has 0 radical (unpaired) electrons. The number of aromatic nitrogens is 2. The Hall–Kier alpha value is -2.16. The first-order valence-electron chi connectivity index (χ1n) is 9.60. The number of anilines is 2. The van der Waals surface area contributed by atoms with E-state index >= 15 is 0 Å². The zero-order chi connectivity index (χ0) is 20.1. The van der Waals surface area contributed by atoms with E-state index in [1.54, 1.807) is 23.6 Å². The average molecular weight is 431 g/mol. The number of rotatable bonds is 3. The number of piperidine rings is 1. The maximum atomic E-state index is 14.9. The van der Waals surface area contributed by atoms with Crippen LogP contribution >= 0.6 is 22.7 Å². The number of likely N-dealkylation sites (tertiary alicyclic amines) is 1. The van der Waals surface area contributed by atoms with Gasteiger partial charge in [-0.25, -0.2) is 18.7 Å². The third kappa shape index (κ3) is 3.19. The van der Waals surface area contributed by atoms with Crippen LogP contribution < -0.4 is 5.32 Å². The summed E-state index contributed by atoms with van der Waals surface area (Å²) in [6.45, 7) is 3.37. The van der Waals surface area contributed by atoms with Crippen molar-refractivity contribution in [2.24, 2.45) is 0 Å². The minimum atomic E-state index is -0.663. The molecule has 1 aliphatic heterocycles. The van der Waals surface area contributed by atoms with Gasteiger partial charge in [-0.15, -0.1) is 22.7 Å². The molecule has 4 heterocycles. The van der Waals surface area contributed by atoms with Gasteiger partial charge in [0.1, 0.15) is 16.0 Å². The summed E-state index contributed by atoms with van der Waals surface area (Å²) >= 11 is 2.89. The van der Waals surface area contributed by atoms with E-state index in [0.29, 0.717) is 22.3 Å². The first kappa shape index (κ1) is 18.8. The van der Waals surface area contributed by atoms with Crippen LogP contribution in [0, 0.1) is 11.6 Å². The van der Waals surface area contributed by atoms with Gasteiger partial charge in [-0.3, -0.25) is 0 Å². The smallest absolute Gasteiger partial charge is 0.176 e. The van der Waals surface area contributed by atoms with Gasteiger partial charge in [0, 0.05) is 28.4 Å². The standard InChI is InChI=1S/C21H20F2N4S2/c1-11-12(4-3-7-27(11)2)16-8-13-15(5-6-24-21(13)29-16)26-19-14(22)9-17-20(18(19)23)25-10-28-17/h5-6,8-12H,3-4,7H2,1-2H3,(H,24,26)/t11-,12-/m1/s1. The van der Waals surface area contributed by atoms with Gasteiger partial charge in [-0.1, -0.05) is 0 Å². The van der Waals surface area contributed by atoms with E-state index in [1.165, 1.54) is 34.2 Å². The number of fused-ring (bicyclic) bond motifs is 2. The Balaban J connectivity index is 1.56. The van der Waals surface area contributed by atoms with Crippen LogP contribution in [0.2, 0.25) is 0 Å². The van der Waals surface area contributed by atoms with Gasteiger partial charge >= 0.3 is 0 Å². The first-order chi connectivity index (χ1) is 14.0. The Labute approximate surface area is 175 Å². The lowest BCUT2D eigenvalue weighted by Gasteiger charge is -2.36. The zero-order valence-corrected chi connectivity index (χ0v) is 17.7. The summed E-state index contributed by atoms with van der Waals surface area (Å²) in [7, 11) is 2.16. The third-order valence-corrected chi connectivity index (χ3v) is 7.85. The quantitative estimate of drug-likeness (QED) is 0.425. The SMILES string of the molecule is C[C@@H]1[C@H](c2cc3c(Nc4c(F)cc5scnc5c4F)ccnc3s2)CCCN1C. The molecule has 29 heavy (non-hydrogen) atoms. The number of pyridine rings is 1. The number of thiazole rings is 1. The summed E-state index contributed by atoms with van der Waals surface area (Å²) in [5.41, 5.74) is 2.19. The molecule has 2 atom stereocenters. The molecule has 8 heteroatoms. The average Bonchev–Trinajstić information content (AvgIpc) is 3.34. The van der Waals surface area contributed by atoms with Crippen molar-refractivity contribution in [2.45, 2.75) is 31.7 Å². The summed E-state index contributed by atoms with van der Waals surface area (Å²) in [4.78, 5) is 13.1. The molecule has 1 N–H and O–H groups in total. The van der Waals surface area contributed by atoms with Crippen molar-refractivity contribution >= 4 is 54.5 Å². The second-order valence-corrected chi connectivity index (χ2v) is 9.52. The van der Waals surface area contributed by atoms with Crippen LogP contribution in [0.5, 0.6) is 0 Å². The number of benzene rings is 1. The Bertz CT molecular complexity index is 1200. The Morgan fingerprint density at radius 3 is 2.97 bits per heavy atom. The predicted molar refractivity (Wildman–Crippen MR) is 117 cm³/mol. The van der Waals surface area contributed by atoms with Gasteiger partial charge in [0.25, 0.3) is 0 Å². The molecule has 1 saturated heterocycles. The van der Waals surface area contributed by atoms with Crippen molar-refractivity contribution in [3.8, 4) is 0 Å². The van der Waals surface area contributed by atoms with E-state index in [-0.39, 0.29) is 11.2 Å². The van der Waals surface area contributed by atoms with Crippen molar-refractivity contribution in [1.82, 2.24) is 14.9 Å². The molecule has 1 aliphatic rings. The van der Waals surface area contributed by atoms with Gasteiger partial charge in [-0.2, -0.15) is 0 Å². The molecule has 0 aliphatic carbocycles. The highest BCUT2D eigenvalue weighted by molar-refractivity contribution is 7.18. The summed E-state index contributed by atoms with van der Waals surface area (Å²) < 4.78 is 30.0. The Kier molecular flexibility index (Phi) is 4.72. The van der Waals surface area contributed by atoms with Crippen molar-refractivity contribution in [3.05, 3.63) is 46.4 Å². The number of nitrogens with one attached hydrogen (secondary N) is 1. The predicted octanol–water partition coefficient (Wildman–Crippen LogP) is 6.13. The molecular weight excluding hydrogens is 410 g/mol. The molecule has 4 nitrogen and oxygen atoms in total. The number of hydrogen-bond donors (Lipinski definition) is 1. The summed E-state index contributed by atoms with van der Waals surface area (Å²) in [6, 6.07) is 5.68. The normalized spacial score (nSPS) is 20.6. The number of nitrogens with zero attached hydrogens (tertiary/aromatic N) is 3. The Morgan fingerprint density at radius 1 is 1.24 bits per heavy atom. The largest absolute Gasteiger partial charge is 0.350 e. The van der Waals surface area contributed by atoms with Crippen LogP contribution in [0.4, 0.5) is 20.2 Å². The molecule has 0 unspecified atom stereocenters. The number of hydrogen-bond acceptors (Lipinski definition) is 6. The van der Waals surface area contributed by atoms with E-state index in [4.69, 9.17) is 0 Å². The lowest BCUT2D eigenvalue weighted by molar-refractivity contribution is 0.176. The van der Waals surface area contributed by atoms with E-state index in [9.17, 15) is 8.78 Å². The second-order valence-electron chi connectivity index (χ2n) is 7.57. The highest BCUT2D eigenvalue weighted by atomic mass is 32.1. The molecule has 1 aromatic carbocycles. The molecule has 4 aromatic rings. The van der Waals surface area contributed by atoms with Crippen molar-refractivity contribution in [1.29, 1.82) is 0 Å². The van der Waals surface area contributed by atoms with Crippen LogP contribution in [-0.4, -0.2) is 34.5 Å². The fourth-order valence-electron chi connectivity index (χ4n) is 4.12. The lowest BCUT2D eigenvalue weighted by Crippen LogP contribution is -2.38. The summed E-state index contributed by atoms with van der Waals surface area (Å²) in [6.07, 6.45) is 3.99. The Morgan fingerprint density at radius 2 is 2.10 bits per heavy atom. The van der Waals surface area contributed by atoms with Crippen LogP contribution in [0.3, 0.4) is 0 Å². The fraction of sp³-hybridized carbons (Fsp3) is 0.333. The zero-order valence-electron chi connectivity index (χ0n) is 16.1. The molecule has 150 valence electrons. The summed E-state index contributed by atoms with van der Waals surface area (Å²) in [5.74, 6) is -0.841. The monoisotopic (exact) mass is 430 g/mol. The van der Waals surface area contributed by atoms with Crippen molar-refractivity contribution in [3.63, 3.8) is 0 Å². The van der Waals surface area contributed by atoms with Gasteiger partial charge in [0.2, 0.25) is 0 Å². The van der Waals surface area contributed by atoms with Crippen molar-refractivity contribution < 1.29 is 8.78 Å². The highest BCUT2D eigenvalue weighted by Gasteiger charge is 2.28. The maximum absolute atomic E-state index is 14.9. The second kappa shape index (κ2) is 7.27. The topological polar surface area (TPSA) is 41.1 Å². The molecule has 3 aromatic heterocycles. The van der Waals surface area contributed by atoms with Crippen LogP contribution in [0.15, 0.2) is 29.9 Å². The minimum absolute atomic E-state index is 0.172. The van der Waals surface area contributed by atoms with Gasteiger partial charge in [0.05, 0.1) is 15.9 Å².